The zero-order chi connectivity index (χ0) is 91.9. The monoisotopic (exact) mass is 1750 g/mol. The van der Waals surface area contributed by atoms with E-state index in [0.29, 0.717) is 19.4 Å². The van der Waals surface area contributed by atoms with Gasteiger partial charge in [-0.2, -0.15) is 0 Å². The number of rotatable bonds is 70. The summed E-state index contributed by atoms with van der Waals surface area (Å²) in [5.41, 5.74) is 7.21. The summed E-state index contributed by atoms with van der Waals surface area (Å²) in [5, 5.41) is 106. The topological polar surface area (TPSA) is 767 Å². The van der Waals surface area contributed by atoms with Crippen LogP contribution in [-0.4, -0.2) is 409 Å². The third-order valence-electron chi connectivity index (χ3n) is 17.6. The Balaban J connectivity index is 2.43. The fourth-order valence-electron chi connectivity index (χ4n) is 11.3. The van der Waals surface area contributed by atoms with Gasteiger partial charge in [-0.25, -0.2) is 9.97 Å². The number of H-pyrrole nitrogens is 2. The third-order valence-corrected chi connectivity index (χ3v) is 17.6. The van der Waals surface area contributed by atoms with E-state index in [-0.39, 0.29) is 129 Å². The molecule has 24 N–H and O–H groups in total. The minimum atomic E-state index is -1.98. The smallest absolute Gasteiger partial charge is 0.317 e. The van der Waals surface area contributed by atoms with Gasteiger partial charge in [0.2, 0.25) is 76.8 Å². The number of aliphatic carboxylic acids is 8. The summed E-state index contributed by atoms with van der Waals surface area (Å²) >= 11 is 0. The Bertz CT molecular complexity index is 3800. The predicted molar refractivity (Wildman–Crippen MR) is 422 cm³/mol. The summed E-state index contributed by atoms with van der Waals surface area (Å²) in [6, 6.07) is -8.14. The van der Waals surface area contributed by atoms with Gasteiger partial charge in [-0.15, -0.1) is 0 Å². The number of primary amides is 1. The maximum Gasteiger partial charge on any atom is 0.317 e. The molecule has 0 bridgehead atoms. The maximum absolute atomic E-state index is 14.5. The first-order chi connectivity index (χ1) is 58.1. The molecule has 0 saturated carbocycles. The number of amides is 13. The highest BCUT2D eigenvalue weighted by Crippen LogP contribution is 2.08. The molecule has 686 valence electrons. The molecule has 0 radical (unpaired) electrons. The van der Waals surface area contributed by atoms with Crippen molar-refractivity contribution in [3.05, 3.63) is 36.4 Å². The van der Waals surface area contributed by atoms with Gasteiger partial charge in [0, 0.05) is 147 Å². The molecule has 52 nitrogen and oxygen atoms in total. The molecule has 2 rings (SSSR count). The van der Waals surface area contributed by atoms with Crippen molar-refractivity contribution in [3.8, 4) is 0 Å². The van der Waals surface area contributed by atoms with Crippen LogP contribution in [0.2, 0.25) is 0 Å². The van der Waals surface area contributed by atoms with Crippen LogP contribution in [0.25, 0.3) is 0 Å². The molecule has 0 aromatic carbocycles. The molecular formula is C71H113N23O29. The number of hydrogen-bond acceptors (Lipinski definition) is 29. The van der Waals surface area contributed by atoms with Crippen molar-refractivity contribution in [1.82, 2.24) is 113 Å². The number of nitrogens with zero attached hydrogens (tertiary/aromatic N) is 8. The lowest BCUT2D eigenvalue weighted by atomic mass is 10.1. The van der Waals surface area contributed by atoms with E-state index in [2.05, 4.69) is 83.7 Å². The van der Waals surface area contributed by atoms with E-state index < -0.39 is 247 Å². The molecule has 0 aliphatic heterocycles. The second-order valence-corrected chi connectivity index (χ2v) is 28.1. The Morgan fingerprint density at radius 3 is 0.967 bits per heavy atom. The molecule has 52 heteroatoms. The van der Waals surface area contributed by atoms with Gasteiger partial charge in [0.1, 0.15) is 30.2 Å². The summed E-state index contributed by atoms with van der Waals surface area (Å²) in [5.74, 6) is -22.4. The van der Waals surface area contributed by atoms with E-state index in [1.807, 2.05) is 0 Å². The first-order valence-corrected chi connectivity index (χ1v) is 38.8. The molecule has 13 amide bonds. The first-order valence-electron chi connectivity index (χ1n) is 38.8. The molecule has 0 unspecified atom stereocenters. The average Bonchev–Trinajstić information content (AvgIpc) is 1.86. The van der Waals surface area contributed by atoms with Crippen LogP contribution in [0.4, 0.5) is 0 Å². The number of imidazole rings is 2. The van der Waals surface area contributed by atoms with E-state index >= 15 is 0 Å². The summed E-state index contributed by atoms with van der Waals surface area (Å²) < 4.78 is 0. The quantitative estimate of drug-likeness (QED) is 0.0274. The van der Waals surface area contributed by atoms with Crippen molar-refractivity contribution >= 4 is 125 Å². The van der Waals surface area contributed by atoms with E-state index in [1.165, 1.54) is 29.4 Å². The van der Waals surface area contributed by atoms with Gasteiger partial charge >= 0.3 is 47.8 Å². The highest BCUT2D eigenvalue weighted by atomic mass is 16.4. The number of nitrogens with two attached hydrogens (primary N) is 1. The van der Waals surface area contributed by atoms with Crippen molar-refractivity contribution in [2.75, 3.05) is 164 Å². The van der Waals surface area contributed by atoms with Gasteiger partial charge < -0.3 is 120 Å². The van der Waals surface area contributed by atoms with Crippen molar-refractivity contribution in [3.63, 3.8) is 0 Å². The standard InChI is InChI=1S/C71H113N23O29/c1-44(68(120)87-48(67(72)119)7-3-5-15-75-55(99)30-80-53(97)11-9-51(95)77-17-13-46-27-73-42-82-46)84-70(122)49(8-4-6-16-76-56(100)31-81-54(98)12-10-52(96)78-18-14-47-28-74-43-83-47)88-69(121)45(2)85-71(123)50(86-58(102)33-92(37-62(109)110)24-20-90(35-60(105)106)22-26-94(40-65(115)116)41-66(117)118)29-79-57(101)32-91(36-61(107)108)23-19-89(34-59(103)104)21-25-93(38-63(111)112)39-64(113)114/h27-28,42-45,48-50H,3-26,29-41H2,1-2H3,(H2,72,119)(H,73,82)(H,74,83)(H,75,99)(H,76,100)(H,77,95)(H,78,96)(H,79,101)(H,80,97)(H,81,98)(H,84,122)(H,85,123)(H,86,102)(H,87,120)(H,88,121)(H,103,104)(H,105,106)(H,107,108)(H,109,110)(H,111,112)(H,113,114)(H,115,116)(H,117,118)/t44-,45-,48-,49-,50+/m1/s1. The van der Waals surface area contributed by atoms with Crippen LogP contribution in [0.5, 0.6) is 0 Å². The largest absolute Gasteiger partial charge is 0.480 e. The minimum absolute atomic E-state index is 0.00432. The normalized spacial score (nSPS) is 12.3. The maximum atomic E-state index is 14.5. The number of nitrogens with one attached hydrogen (secondary N) is 14. The van der Waals surface area contributed by atoms with Crippen molar-refractivity contribution in [2.45, 2.75) is 121 Å². The Morgan fingerprint density at radius 2 is 0.626 bits per heavy atom. The second kappa shape index (κ2) is 59.7. The Kier molecular flexibility index (Phi) is 51.5. The Morgan fingerprint density at radius 1 is 0.325 bits per heavy atom. The number of hydrogen-bond donors (Lipinski definition) is 23. The molecule has 0 fully saturated rings. The van der Waals surface area contributed by atoms with Crippen LogP contribution in [0.15, 0.2) is 25.0 Å². The zero-order valence-electron chi connectivity index (χ0n) is 68.2. The average molecular weight is 1750 g/mol. The lowest BCUT2D eigenvalue weighted by Crippen LogP contribution is -2.59. The Hall–Kier alpha value is -13.0. The number of aromatic amines is 2. The van der Waals surface area contributed by atoms with E-state index in [9.17, 15) is 142 Å². The van der Waals surface area contributed by atoms with Gasteiger partial charge in [0.15, 0.2) is 0 Å². The van der Waals surface area contributed by atoms with Crippen molar-refractivity contribution < 1.29 is 142 Å². The fourth-order valence-corrected chi connectivity index (χ4v) is 11.3. The van der Waals surface area contributed by atoms with E-state index in [0.717, 1.165) is 37.9 Å². The molecule has 2 heterocycles. The van der Waals surface area contributed by atoms with Crippen molar-refractivity contribution in [1.29, 1.82) is 0 Å². The number of carbonyl (C=O) groups excluding carboxylic acids is 13. The summed E-state index contributed by atoms with van der Waals surface area (Å²) in [6.07, 6.45) is 6.50. The molecule has 0 spiro atoms. The van der Waals surface area contributed by atoms with E-state index in [1.54, 1.807) is 12.4 Å². The zero-order valence-corrected chi connectivity index (χ0v) is 68.2. The molecule has 2 aromatic rings. The van der Waals surface area contributed by atoms with Crippen LogP contribution in [0.3, 0.4) is 0 Å². The molecular weight excluding hydrogens is 1640 g/mol. The van der Waals surface area contributed by atoms with Gasteiger partial charge in [-0.3, -0.25) is 130 Å². The molecule has 0 saturated heterocycles. The van der Waals surface area contributed by atoms with Crippen LogP contribution < -0.4 is 69.5 Å². The van der Waals surface area contributed by atoms with Crippen molar-refractivity contribution in [2.24, 2.45) is 5.73 Å². The highest BCUT2D eigenvalue weighted by molar-refractivity contribution is 5.97. The highest BCUT2D eigenvalue weighted by Gasteiger charge is 2.32. The number of aromatic nitrogens is 4. The van der Waals surface area contributed by atoms with Gasteiger partial charge in [-0.1, -0.05) is 0 Å². The van der Waals surface area contributed by atoms with Gasteiger partial charge in [0.05, 0.1) is 91.2 Å². The summed E-state index contributed by atoms with van der Waals surface area (Å²) in [7, 11) is 0. The molecule has 123 heavy (non-hydrogen) atoms. The second-order valence-electron chi connectivity index (χ2n) is 28.1. The molecule has 0 aliphatic carbocycles. The lowest BCUT2D eigenvalue weighted by molar-refractivity contribution is -0.144. The Labute approximate surface area is 703 Å². The predicted octanol–water partition coefficient (Wildman–Crippen LogP) is -10.9. The van der Waals surface area contributed by atoms with Crippen LogP contribution in [-0.2, 0) is 114 Å². The SMILES string of the molecule is C[C@@H](NC(=O)[C@H](CNC(=O)CN(CCN(CCN(CC(=O)O)CC(=O)O)CC(=O)O)CC(=O)O)NC(=O)CN(CCN(CCN(CC(=O)O)CC(=O)O)CC(=O)O)CC(=O)O)C(=O)N[C@H](CCCCNC(=O)CNC(=O)CCC(=O)NCCc1cnc[nH]1)C(=O)N[C@H](C)C(=O)N[C@H](CCCCNC(=O)CNC(=O)CCC(=O)NCCc1cnc[nH]1)C(N)=O. The lowest BCUT2D eigenvalue weighted by Gasteiger charge is -2.28. The van der Waals surface area contributed by atoms with Crippen LogP contribution >= 0.6 is 0 Å². The number of carboxylic acids is 8. The number of carboxylic acid groups (broad SMARTS) is 8. The summed E-state index contributed by atoms with van der Waals surface area (Å²) in [4.78, 5) is 285. The van der Waals surface area contributed by atoms with Crippen LogP contribution in [0, 0.1) is 0 Å². The fraction of sp³-hybridized carbons (Fsp3) is 0.620. The third kappa shape index (κ3) is 52.7. The molecule has 0 aliphatic rings. The molecule has 5 atom stereocenters. The van der Waals surface area contributed by atoms with Gasteiger partial charge in [-0.05, 0) is 52.4 Å². The summed E-state index contributed by atoms with van der Waals surface area (Å²) in [6.45, 7) is -9.85. The van der Waals surface area contributed by atoms with Crippen LogP contribution in [0.1, 0.15) is 89.4 Å². The van der Waals surface area contributed by atoms with Gasteiger partial charge in [0.25, 0.3) is 0 Å². The number of carbonyl (C=O) groups is 21. The molecule has 2 aromatic heterocycles. The number of unbranched alkanes of at least 4 members (excludes halogenated alkanes) is 2. The first kappa shape index (κ1) is 106. The van der Waals surface area contributed by atoms with E-state index in [4.69, 9.17) is 5.73 Å². The minimum Gasteiger partial charge on any atom is -0.480 e.